The highest BCUT2D eigenvalue weighted by Gasteiger charge is 2.23. The quantitative estimate of drug-likeness (QED) is 0.612. The summed E-state index contributed by atoms with van der Waals surface area (Å²) >= 11 is 0. The summed E-state index contributed by atoms with van der Waals surface area (Å²) in [5.74, 6) is -1.88. The van der Waals surface area contributed by atoms with E-state index in [9.17, 15) is 19.3 Å². The minimum absolute atomic E-state index is 0.0383. The van der Waals surface area contributed by atoms with Crippen LogP contribution in [0, 0.1) is 21.8 Å². The number of halogens is 1. The SMILES string of the molecule is CC(C)CCNc1cc(C(=O)O)c([N+](=O)[O-])cc1F. The topological polar surface area (TPSA) is 92.5 Å². The molecule has 0 amide bonds. The van der Waals surface area contributed by atoms with Crippen LogP contribution in [0.15, 0.2) is 12.1 Å². The average Bonchev–Trinajstić information content (AvgIpc) is 2.29. The van der Waals surface area contributed by atoms with Gasteiger partial charge in [0.15, 0.2) is 5.82 Å². The zero-order valence-electron chi connectivity index (χ0n) is 10.6. The molecule has 1 aromatic rings. The highest BCUT2D eigenvalue weighted by atomic mass is 19.1. The summed E-state index contributed by atoms with van der Waals surface area (Å²) in [6.45, 7) is 4.46. The molecule has 0 radical (unpaired) electrons. The molecule has 0 unspecified atom stereocenters. The van der Waals surface area contributed by atoms with E-state index in [1.807, 2.05) is 13.8 Å². The summed E-state index contributed by atoms with van der Waals surface area (Å²) in [5.41, 5.74) is -1.32. The Bertz CT molecular complexity index is 503. The second-order valence-electron chi connectivity index (χ2n) is 4.52. The van der Waals surface area contributed by atoms with Gasteiger partial charge in [0.05, 0.1) is 16.7 Å². The van der Waals surface area contributed by atoms with Crippen LogP contribution in [0.5, 0.6) is 0 Å². The Kier molecular flexibility index (Phi) is 4.80. The van der Waals surface area contributed by atoms with Crippen LogP contribution in [0.2, 0.25) is 0 Å². The molecule has 1 rings (SSSR count). The molecular weight excluding hydrogens is 255 g/mol. The Morgan fingerprint density at radius 2 is 2.16 bits per heavy atom. The number of nitro benzene ring substituents is 1. The average molecular weight is 270 g/mol. The Morgan fingerprint density at radius 1 is 1.53 bits per heavy atom. The van der Waals surface area contributed by atoms with E-state index >= 15 is 0 Å². The smallest absolute Gasteiger partial charge is 0.342 e. The molecule has 0 aliphatic carbocycles. The van der Waals surface area contributed by atoms with E-state index in [1.165, 1.54) is 0 Å². The van der Waals surface area contributed by atoms with Gasteiger partial charge in [-0.3, -0.25) is 10.1 Å². The zero-order chi connectivity index (χ0) is 14.6. The third kappa shape index (κ3) is 3.90. The van der Waals surface area contributed by atoms with Crippen LogP contribution in [0.25, 0.3) is 0 Å². The normalized spacial score (nSPS) is 10.5. The summed E-state index contributed by atoms with van der Waals surface area (Å²) in [4.78, 5) is 20.7. The third-order valence-corrected chi connectivity index (χ3v) is 2.55. The first-order valence-electron chi connectivity index (χ1n) is 5.78. The van der Waals surface area contributed by atoms with Crippen molar-refractivity contribution in [1.82, 2.24) is 0 Å². The lowest BCUT2D eigenvalue weighted by Gasteiger charge is -2.10. The molecule has 0 aliphatic heterocycles. The summed E-state index contributed by atoms with van der Waals surface area (Å²) in [5, 5.41) is 22.3. The maximum absolute atomic E-state index is 13.6. The monoisotopic (exact) mass is 270 g/mol. The lowest BCUT2D eigenvalue weighted by molar-refractivity contribution is -0.385. The van der Waals surface area contributed by atoms with Crippen molar-refractivity contribution in [1.29, 1.82) is 0 Å². The number of nitro groups is 1. The van der Waals surface area contributed by atoms with Gasteiger partial charge in [-0.15, -0.1) is 0 Å². The number of nitrogens with one attached hydrogen (secondary N) is 1. The minimum atomic E-state index is -1.46. The fourth-order valence-corrected chi connectivity index (χ4v) is 1.52. The van der Waals surface area contributed by atoms with E-state index in [1.54, 1.807) is 0 Å². The van der Waals surface area contributed by atoms with Crippen molar-refractivity contribution in [3.63, 3.8) is 0 Å². The molecule has 19 heavy (non-hydrogen) atoms. The van der Waals surface area contributed by atoms with Crippen molar-refractivity contribution in [2.24, 2.45) is 5.92 Å². The molecule has 0 spiro atoms. The fraction of sp³-hybridized carbons (Fsp3) is 0.417. The van der Waals surface area contributed by atoms with Crippen LogP contribution < -0.4 is 5.32 Å². The highest BCUT2D eigenvalue weighted by molar-refractivity contribution is 5.93. The first kappa shape index (κ1) is 14.9. The molecular formula is C12H15FN2O4. The summed E-state index contributed by atoms with van der Waals surface area (Å²) in [7, 11) is 0. The second-order valence-corrected chi connectivity index (χ2v) is 4.52. The standard InChI is InChI=1S/C12H15FN2O4/c1-7(2)3-4-14-10-5-8(12(16)17)11(15(18)19)6-9(10)13/h5-7,14H,3-4H2,1-2H3,(H,16,17). The van der Waals surface area contributed by atoms with E-state index in [0.717, 1.165) is 12.5 Å². The van der Waals surface area contributed by atoms with Gasteiger partial charge in [0.1, 0.15) is 5.56 Å². The van der Waals surface area contributed by atoms with Gasteiger partial charge in [0.2, 0.25) is 0 Å². The predicted octanol–water partition coefficient (Wildman–Crippen LogP) is 2.89. The Labute approximate surface area is 109 Å². The van der Waals surface area contributed by atoms with Gasteiger partial charge in [-0.2, -0.15) is 0 Å². The van der Waals surface area contributed by atoms with Gasteiger partial charge in [-0.1, -0.05) is 13.8 Å². The van der Waals surface area contributed by atoms with E-state index in [0.29, 0.717) is 18.5 Å². The second kappa shape index (κ2) is 6.12. The molecule has 1 aromatic carbocycles. The molecule has 0 heterocycles. The predicted molar refractivity (Wildman–Crippen MR) is 68.0 cm³/mol. The Balaban J connectivity index is 3.04. The molecule has 0 saturated heterocycles. The van der Waals surface area contributed by atoms with E-state index < -0.39 is 28.0 Å². The van der Waals surface area contributed by atoms with Crippen molar-refractivity contribution in [2.75, 3.05) is 11.9 Å². The van der Waals surface area contributed by atoms with Crippen molar-refractivity contribution >= 4 is 17.3 Å². The van der Waals surface area contributed by atoms with Crippen LogP contribution in [0.4, 0.5) is 15.8 Å². The number of hydrogen-bond donors (Lipinski definition) is 2. The lowest BCUT2D eigenvalue weighted by Crippen LogP contribution is -2.09. The molecule has 0 fully saturated rings. The van der Waals surface area contributed by atoms with Crippen LogP contribution in [0.1, 0.15) is 30.6 Å². The molecule has 2 N–H and O–H groups in total. The number of carboxylic acids is 1. The number of rotatable bonds is 6. The first-order valence-corrected chi connectivity index (χ1v) is 5.78. The largest absolute Gasteiger partial charge is 0.477 e. The van der Waals surface area contributed by atoms with Gasteiger partial charge in [-0.05, 0) is 18.4 Å². The van der Waals surface area contributed by atoms with Crippen molar-refractivity contribution in [2.45, 2.75) is 20.3 Å². The summed E-state index contributed by atoms with van der Waals surface area (Å²) < 4.78 is 13.6. The number of hydrogen-bond acceptors (Lipinski definition) is 4. The van der Waals surface area contributed by atoms with Crippen LogP contribution >= 0.6 is 0 Å². The summed E-state index contributed by atoms with van der Waals surface area (Å²) in [6, 6.07) is 1.58. The van der Waals surface area contributed by atoms with Gasteiger partial charge < -0.3 is 10.4 Å². The minimum Gasteiger partial charge on any atom is -0.477 e. The van der Waals surface area contributed by atoms with Crippen LogP contribution in [0.3, 0.4) is 0 Å². The lowest BCUT2D eigenvalue weighted by atomic mass is 10.1. The van der Waals surface area contributed by atoms with Crippen molar-refractivity contribution < 1.29 is 19.2 Å². The van der Waals surface area contributed by atoms with Gasteiger partial charge in [0, 0.05) is 6.54 Å². The molecule has 7 heteroatoms. The molecule has 6 nitrogen and oxygen atoms in total. The molecule has 0 bridgehead atoms. The number of carbonyl (C=O) groups is 1. The highest BCUT2D eigenvalue weighted by Crippen LogP contribution is 2.26. The maximum atomic E-state index is 13.6. The molecule has 0 aliphatic rings. The van der Waals surface area contributed by atoms with E-state index in [4.69, 9.17) is 5.11 Å². The number of benzene rings is 1. The van der Waals surface area contributed by atoms with Gasteiger partial charge in [0.25, 0.3) is 5.69 Å². The molecule has 0 saturated carbocycles. The van der Waals surface area contributed by atoms with E-state index in [2.05, 4.69) is 5.32 Å². The third-order valence-electron chi connectivity index (χ3n) is 2.55. The molecule has 0 atom stereocenters. The van der Waals surface area contributed by atoms with Gasteiger partial charge >= 0.3 is 5.97 Å². The zero-order valence-corrected chi connectivity index (χ0v) is 10.6. The molecule has 0 aromatic heterocycles. The van der Waals surface area contributed by atoms with Crippen molar-refractivity contribution in [3.05, 3.63) is 33.6 Å². The Morgan fingerprint density at radius 3 is 2.63 bits per heavy atom. The van der Waals surface area contributed by atoms with Crippen molar-refractivity contribution in [3.8, 4) is 0 Å². The fourth-order valence-electron chi connectivity index (χ4n) is 1.52. The maximum Gasteiger partial charge on any atom is 0.342 e. The van der Waals surface area contributed by atoms with Crippen LogP contribution in [-0.4, -0.2) is 22.5 Å². The first-order chi connectivity index (χ1) is 8.82. The molecule has 104 valence electrons. The number of aromatic carboxylic acids is 1. The summed E-state index contributed by atoms with van der Waals surface area (Å²) in [6.07, 6.45) is 0.777. The Hall–Kier alpha value is -2.18. The van der Waals surface area contributed by atoms with Gasteiger partial charge in [-0.25, -0.2) is 9.18 Å². The van der Waals surface area contributed by atoms with Crippen LogP contribution in [-0.2, 0) is 0 Å². The number of carboxylic acid groups (broad SMARTS) is 1. The number of anilines is 1. The number of nitrogens with zero attached hydrogens (tertiary/aromatic N) is 1. The van der Waals surface area contributed by atoms with E-state index in [-0.39, 0.29) is 5.69 Å².